The van der Waals surface area contributed by atoms with Crippen LogP contribution in [0.4, 0.5) is 0 Å². The maximum absolute atomic E-state index is 5.82. The van der Waals surface area contributed by atoms with Gasteiger partial charge in [0.2, 0.25) is 5.89 Å². The van der Waals surface area contributed by atoms with Crippen molar-refractivity contribution in [3.63, 3.8) is 0 Å². The molecule has 0 aliphatic rings. The fourth-order valence-corrected chi connectivity index (χ4v) is 2.67. The van der Waals surface area contributed by atoms with Crippen LogP contribution in [-0.2, 0) is 6.61 Å². The minimum Gasteiger partial charge on any atom is -0.487 e. The third kappa shape index (κ3) is 3.00. The number of nitrogens with zero attached hydrogens (tertiary/aromatic N) is 1. The van der Waals surface area contributed by atoms with Crippen molar-refractivity contribution in [1.29, 1.82) is 0 Å². The first-order valence-electron chi connectivity index (χ1n) is 6.84. The Hall–Kier alpha value is -2.07. The zero-order valence-electron chi connectivity index (χ0n) is 12.3. The van der Waals surface area contributed by atoms with Crippen molar-refractivity contribution in [2.24, 2.45) is 0 Å². The molecule has 0 N–H and O–H groups in total. The summed E-state index contributed by atoms with van der Waals surface area (Å²) in [6, 6.07) is 10.1. The lowest BCUT2D eigenvalue weighted by molar-refractivity contribution is 0.299. The van der Waals surface area contributed by atoms with E-state index in [9.17, 15) is 0 Å². The number of benzene rings is 1. The Morgan fingerprint density at radius 1 is 1.14 bits per heavy atom. The predicted octanol–water partition coefficient (Wildman–Crippen LogP) is 4.91. The van der Waals surface area contributed by atoms with Crippen molar-refractivity contribution >= 4 is 11.3 Å². The Balaban J connectivity index is 1.74. The minimum absolute atomic E-state index is 0.420. The highest BCUT2D eigenvalue weighted by Crippen LogP contribution is 2.26. The largest absolute Gasteiger partial charge is 0.487 e. The first-order chi connectivity index (χ1) is 10.1. The van der Waals surface area contributed by atoms with Gasteiger partial charge in [-0.2, -0.15) is 0 Å². The van der Waals surface area contributed by atoms with E-state index in [1.165, 1.54) is 11.1 Å². The molecule has 0 saturated heterocycles. The van der Waals surface area contributed by atoms with Crippen LogP contribution < -0.4 is 4.74 Å². The van der Waals surface area contributed by atoms with E-state index in [0.717, 1.165) is 22.1 Å². The molecule has 0 aliphatic carbocycles. The fraction of sp³-hybridized carbons (Fsp3) is 0.235. The molecule has 0 amide bonds. The van der Waals surface area contributed by atoms with E-state index in [1.54, 1.807) is 11.3 Å². The van der Waals surface area contributed by atoms with E-state index in [2.05, 4.69) is 24.9 Å². The average molecular weight is 299 g/mol. The number of thiophene rings is 1. The molecule has 0 saturated carbocycles. The number of hydrogen-bond donors (Lipinski definition) is 0. The van der Waals surface area contributed by atoms with E-state index < -0.39 is 0 Å². The molecule has 0 bridgehead atoms. The number of hydrogen-bond acceptors (Lipinski definition) is 4. The normalized spacial score (nSPS) is 10.8. The number of aryl methyl sites for hydroxylation is 3. The number of ether oxygens (including phenoxy) is 1. The van der Waals surface area contributed by atoms with Gasteiger partial charge in [-0.3, -0.25) is 0 Å². The molecule has 4 heteroatoms. The average Bonchev–Trinajstić information content (AvgIpc) is 3.10. The smallest absolute Gasteiger partial charge is 0.236 e. The molecule has 3 rings (SSSR count). The van der Waals surface area contributed by atoms with Gasteiger partial charge in [0.25, 0.3) is 0 Å². The van der Waals surface area contributed by atoms with E-state index in [0.29, 0.717) is 12.5 Å². The van der Waals surface area contributed by atoms with Crippen LogP contribution in [0.25, 0.3) is 10.8 Å². The molecule has 108 valence electrons. The Labute approximate surface area is 128 Å². The third-order valence-electron chi connectivity index (χ3n) is 3.48. The van der Waals surface area contributed by atoms with Gasteiger partial charge in [-0.05, 0) is 55.5 Å². The molecule has 3 aromatic rings. The van der Waals surface area contributed by atoms with Crippen LogP contribution in [0.5, 0.6) is 5.75 Å². The van der Waals surface area contributed by atoms with E-state index in [1.807, 2.05) is 36.6 Å². The summed E-state index contributed by atoms with van der Waals surface area (Å²) in [7, 11) is 0. The Bertz CT molecular complexity index is 744. The van der Waals surface area contributed by atoms with Crippen LogP contribution in [0.3, 0.4) is 0 Å². The van der Waals surface area contributed by atoms with Crippen LogP contribution in [0, 0.1) is 20.8 Å². The Morgan fingerprint density at radius 3 is 2.71 bits per heavy atom. The maximum atomic E-state index is 5.82. The highest BCUT2D eigenvalue weighted by Gasteiger charge is 2.12. The summed E-state index contributed by atoms with van der Waals surface area (Å²) in [5, 5.41) is 2.01. The second-order valence-electron chi connectivity index (χ2n) is 5.03. The molecule has 0 fully saturated rings. The van der Waals surface area contributed by atoms with Gasteiger partial charge in [-0.15, -0.1) is 11.3 Å². The summed E-state index contributed by atoms with van der Waals surface area (Å²) in [5.41, 5.74) is 3.33. The molecule has 1 aromatic carbocycles. The van der Waals surface area contributed by atoms with E-state index >= 15 is 0 Å². The lowest BCUT2D eigenvalue weighted by Crippen LogP contribution is -1.98. The summed E-state index contributed by atoms with van der Waals surface area (Å²) < 4.78 is 11.5. The molecule has 3 nitrogen and oxygen atoms in total. The van der Waals surface area contributed by atoms with Crippen molar-refractivity contribution in [2.45, 2.75) is 27.4 Å². The molecular weight excluding hydrogens is 282 g/mol. The van der Waals surface area contributed by atoms with Gasteiger partial charge < -0.3 is 9.15 Å². The van der Waals surface area contributed by atoms with Gasteiger partial charge in [0.1, 0.15) is 23.8 Å². The lowest BCUT2D eigenvalue weighted by Gasteiger charge is -2.07. The summed E-state index contributed by atoms with van der Waals surface area (Å²) in [6.07, 6.45) is 0. The molecule has 0 radical (unpaired) electrons. The Kier molecular flexibility index (Phi) is 3.80. The molecule has 2 heterocycles. The maximum Gasteiger partial charge on any atom is 0.236 e. The molecule has 2 aromatic heterocycles. The fourth-order valence-electron chi connectivity index (χ4n) is 2.02. The second-order valence-corrected chi connectivity index (χ2v) is 5.98. The molecule has 21 heavy (non-hydrogen) atoms. The Morgan fingerprint density at radius 2 is 2.00 bits per heavy atom. The van der Waals surface area contributed by atoms with Gasteiger partial charge >= 0.3 is 0 Å². The van der Waals surface area contributed by atoms with Crippen LogP contribution in [-0.4, -0.2) is 4.98 Å². The van der Waals surface area contributed by atoms with Gasteiger partial charge in [0, 0.05) is 0 Å². The van der Waals surface area contributed by atoms with Gasteiger partial charge in [-0.25, -0.2) is 4.98 Å². The topological polar surface area (TPSA) is 35.3 Å². The van der Waals surface area contributed by atoms with Crippen molar-refractivity contribution in [1.82, 2.24) is 4.98 Å². The first-order valence-corrected chi connectivity index (χ1v) is 7.71. The molecule has 0 spiro atoms. The quantitative estimate of drug-likeness (QED) is 0.686. The molecule has 0 unspecified atom stereocenters. The zero-order valence-corrected chi connectivity index (χ0v) is 13.2. The zero-order chi connectivity index (χ0) is 14.8. The lowest BCUT2D eigenvalue weighted by atomic mass is 10.1. The van der Waals surface area contributed by atoms with Crippen molar-refractivity contribution in [2.75, 3.05) is 0 Å². The summed E-state index contributed by atoms with van der Waals surface area (Å²) >= 11 is 1.62. The monoisotopic (exact) mass is 299 g/mol. The van der Waals surface area contributed by atoms with Crippen LogP contribution in [0.15, 0.2) is 40.1 Å². The van der Waals surface area contributed by atoms with Crippen LogP contribution >= 0.6 is 11.3 Å². The standard InChI is InChI=1S/C17H17NO2S/c1-11-6-7-14(9-12(11)2)19-10-15-13(3)20-17(18-15)16-5-4-8-21-16/h4-9H,10H2,1-3H3. The van der Waals surface area contributed by atoms with Crippen LogP contribution in [0.2, 0.25) is 0 Å². The second kappa shape index (κ2) is 5.74. The molecular formula is C17H17NO2S. The van der Waals surface area contributed by atoms with Gasteiger partial charge in [-0.1, -0.05) is 12.1 Å². The van der Waals surface area contributed by atoms with Crippen molar-refractivity contribution in [3.8, 4) is 16.5 Å². The molecule has 0 aliphatic heterocycles. The summed E-state index contributed by atoms with van der Waals surface area (Å²) in [4.78, 5) is 5.56. The highest BCUT2D eigenvalue weighted by molar-refractivity contribution is 7.13. The van der Waals surface area contributed by atoms with E-state index in [-0.39, 0.29) is 0 Å². The predicted molar refractivity (Wildman–Crippen MR) is 84.8 cm³/mol. The number of aromatic nitrogens is 1. The van der Waals surface area contributed by atoms with E-state index in [4.69, 9.17) is 9.15 Å². The van der Waals surface area contributed by atoms with Crippen LogP contribution in [0.1, 0.15) is 22.6 Å². The highest BCUT2D eigenvalue weighted by atomic mass is 32.1. The van der Waals surface area contributed by atoms with Gasteiger partial charge in [0.15, 0.2) is 0 Å². The van der Waals surface area contributed by atoms with Crippen molar-refractivity contribution < 1.29 is 9.15 Å². The van der Waals surface area contributed by atoms with Gasteiger partial charge in [0.05, 0.1) is 4.88 Å². The number of oxazole rings is 1. The summed E-state index contributed by atoms with van der Waals surface area (Å²) in [5.74, 6) is 2.33. The minimum atomic E-state index is 0.420. The SMILES string of the molecule is Cc1ccc(OCc2nc(-c3cccs3)oc2C)cc1C. The molecule has 0 atom stereocenters. The summed E-state index contributed by atoms with van der Waals surface area (Å²) in [6.45, 7) is 6.51. The first kappa shape index (κ1) is 13.9. The van der Waals surface area contributed by atoms with Crippen molar-refractivity contribution in [3.05, 3.63) is 58.3 Å². The third-order valence-corrected chi connectivity index (χ3v) is 4.34. The number of rotatable bonds is 4.